The average molecular weight is 766 g/mol. The Morgan fingerprint density at radius 1 is 0.909 bits per heavy atom. The zero-order valence-electron chi connectivity index (χ0n) is 32.7. The predicted octanol–water partition coefficient (Wildman–Crippen LogP) is 5.36. The fraction of sp³-hybridized carbons (Fsp3) is 0.463. The molecule has 0 saturated heterocycles. The van der Waals surface area contributed by atoms with Crippen LogP contribution in [0.15, 0.2) is 42.2 Å². The van der Waals surface area contributed by atoms with E-state index in [1.54, 1.807) is 39.8 Å². The Balaban J connectivity index is 1.98. The number of phenols is 3. The summed E-state index contributed by atoms with van der Waals surface area (Å²) >= 11 is 0. The number of ether oxygens (including phenoxy) is 4. The summed E-state index contributed by atoms with van der Waals surface area (Å²) in [6.45, 7) is 13.6. The number of phenolic OH excluding ortho intramolecular Hbond substituents is 3. The van der Waals surface area contributed by atoms with Gasteiger partial charge in [-0.2, -0.15) is 0 Å². The SMILES string of the molecule is COC1C=COC2(C)Oc3c(C)c(O)c4c(O)c(c(C=CC(C)=O)c(O)c4c3C2=O)NC(=O)C(C)=CC=CC(C)C(O)C(C)C(O)C(C)C(OC(C)=O)C1C. The van der Waals surface area contributed by atoms with Crippen molar-refractivity contribution in [3.63, 3.8) is 0 Å². The second-order valence-corrected chi connectivity index (χ2v) is 14.6. The molecule has 3 aliphatic heterocycles. The highest BCUT2D eigenvalue weighted by Gasteiger charge is 2.50. The lowest BCUT2D eigenvalue weighted by atomic mass is 9.78. The number of ketones is 2. The van der Waals surface area contributed by atoms with Crippen molar-refractivity contribution in [3.8, 4) is 23.0 Å². The number of allylic oxidation sites excluding steroid dienone is 3. The lowest BCUT2D eigenvalue weighted by molar-refractivity contribution is -0.160. The standard InChI is InChI=1S/C41H51NO13/c1-18-12-11-13-19(2)40(51)42-31-26(15-14-20(3)43)35(48)28-29(36(31)49)34(47)24(7)38-30(28)39(50)41(9,55-38)53-17-16-27(52-10)21(4)37(54-25(8)44)23(6)33(46)22(5)32(18)45/h11-18,21-23,27,32-33,37,45-49H,1-10H3,(H,42,51). The lowest BCUT2D eigenvalue weighted by Crippen LogP contribution is -2.46. The molecule has 55 heavy (non-hydrogen) atoms. The Morgan fingerprint density at radius 2 is 1.56 bits per heavy atom. The Kier molecular flexibility index (Phi) is 12.9. The average Bonchev–Trinajstić information content (AvgIpc) is 3.39. The number of rotatable bonds is 4. The van der Waals surface area contributed by atoms with Crippen molar-refractivity contribution in [2.75, 3.05) is 12.4 Å². The number of anilines is 1. The van der Waals surface area contributed by atoms with Crippen LogP contribution < -0.4 is 10.1 Å². The van der Waals surface area contributed by atoms with Gasteiger partial charge in [-0.1, -0.05) is 45.9 Å². The van der Waals surface area contributed by atoms with Crippen molar-refractivity contribution in [1.82, 2.24) is 0 Å². The number of amides is 1. The molecule has 0 radical (unpaired) electrons. The summed E-state index contributed by atoms with van der Waals surface area (Å²) in [5, 5.41) is 59.4. The van der Waals surface area contributed by atoms with Crippen LogP contribution in [0.5, 0.6) is 23.0 Å². The Morgan fingerprint density at radius 3 is 2.16 bits per heavy atom. The van der Waals surface area contributed by atoms with E-state index in [9.17, 15) is 44.7 Å². The normalized spacial score (nSPS) is 29.3. The number of carbonyl (C=O) groups excluding carboxylic acids is 4. The lowest BCUT2D eigenvalue weighted by Gasteiger charge is -2.38. The minimum atomic E-state index is -2.07. The van der Waals surface area contributed by atoms with Gasteiger partial charge >= 0.3 is 11.8 Å². The van der Waals surface area contributed by atoms with E-state index < -0.39 is 94.6 Å². The molecular weight excluding hydrogens is 714 g/mol. The molecule has 9 unspecified atom stereocenters. The van der Waals surface area contributed by atoms with Gasteiger partial charge in [0.2, 0.25) is 0 Å². The number of Topliss-reactive ketones (excluding diaryl/α,β-unsaturated/α-hetero) is 1. The highest BCUT2D eigenvalue weighted by Crippen LogP contribution is 2.55. The summed E-state index contributed by atoms with van der Waals surface area (Å²) in [4.78, 5) is 52.0. The van der Waals surface area contributed by atoms with E-state index in [2.05, 4.69) is 5.32 Å². The predicted molar refractivity (Wildman–Crippen MR) is 204 cm³/mol. The number of aromatic hydroxyl groups is 3. The number of nitrogens with one attached hydrogen (secondary N) is 1. The minimum absolute atomic E-state index is 0.0172. The van der Waals surface area contributed by atoms with Gasteiger partial charge in [0.25, 0.3) is 11.7 Å². The first-order valence-corrected chi connectivity index (χ1v) is 17.9. The van der Waals surface area contributed by atoms with Crippen molar-refractivity contribution >= 4 is 46.0 Å². The van der Waals surface area contributed by atoms with Crippen LogP contribution >= 0.6 is 0 Å². The molecule has 6 N–H and O–H groups in total. The van der Waals surface area contributed by atoms with Crippen molar-refractivity contribution in [2.24, 2.45) is 23.7 Å². The molecule has 0 fully saturated rings. The minimum Gasteiger partial charge on any atom is -0.507 e. The van der Waals surface area contributed by atoms with E-state index in [1.807, 2.05) is 0 Å². The monoisotopic (exact) mass is 765 g/mol. The first-order chi connectivity index (χ1) is 25.7. The molecule has 1 amide bonds. The highest BCUT2D eigenvalue weighted by atomic mass is 16.7. The fourth-order valence-electron chi connectivity index (χ4n) is 7.11. The molecule has 0 saturated carbocycles. The van der Waals surface area contributed by atoms with E-state index in [0.717, 1.165) is 12.2 Å². The van der Waals surface area contributed by atoms with Gasteiger partial charge in [-0.25, -0.2) is 0 Å². The molecular formula is C41H51NO13. The molecule has 0 aromatic heterocycles. The fourth-order valence-corrected chi connectivity index (χ4v) is 7.11. The van der Waals surface area contributed by atoms with Crippen LogP contribution in [0.1, 0.15) is 76.9 Å². The molecule has 0 aliphatic carbocycles. The van der Waals surface area contributed by atoms with Gasteiger partial charge < -0.3 is 49.8 Å². The third-order valence-electron chi connectivity index (χ3n) is 10.5. The molecule has 3 aliphatic rings. The number of methoxy groups -OCH3 is 1. The van der Waals surface area contributed by atoms with Crippen LogP contribution in [0.3, 0.4) is 0 Å². The van der Waals surface area contributed by atoms with Crippen LogP contribution in [0.4, 0.5) is 5.69 Å². The maximum atomic E-state index is 14.2. The molecule has 5 bridgehead atoms. The maximum Gasteiger partial charge on any atom is 0.312 e. The summed E-state index contributed by atoms with van der Waals surface area (Å²) in [5.41, 5.74) is -0.686. The summed E-state index contributed by atoms with van der Waals surface area (Å²) in [6.07, 6.45) is 5.58. The third kappa shape index (κ3) is 8.26. The largest absolute Gasteiger partial charge is 0.507 e. The van der Waals surface area contributed by atoms with Gasteiger partial charge in [0.15, 0.2) is 11.5 Å². The van der Waals surface area contributed by atoms with E-state index in [4.69, 9.17) is 18.9 Å². The number of aliphatic hydroxyl groups excluding tert-OH is 2. The molecule has 14 heteroatoms. The van der Waals surface area contributed by atoms with Crippen molar-refractivity contribution in [3.05, 3.63) is 58.9 Å². The van der Waals surface area contributed by atoms with Crippen molar-refractivity contribution in [2.45, 2.75) is 92.5 Å². The molecule has 5 rings (SSSR count). The van der Waals surface area contributed by atoms with E-state index >= 15 is 0 Å². The first-order valence-electron chi connectivity index (χ1n) is 17.9. The number of fused-ring (bicyclic) bond motifs is 14. The smallest absolute Gasteiger partial charge is 0.312 e. The van der Waals surface area contributed by atoms with Gasteiger partial charge in [0.05, 0.1) is 41.2 Å². The number of aliphatic hydroxyl groups is 2. The summed E-state index contributed by atoms with van der Waals surface area (Å²) in [6, 6.07) is 0. The molecule has 3 heterocycles. The summed E-state index contributed by atoms with van der Waals surface area (Å²) in [7, 11) is 1.42. The van der Waals surface area contributed by atoms with E-state index in [1.165, 1.54) is 60.1 Å². The molecule has 2 aromatic rings. The molecule has 9 atom stereocenters. The van der Waals surface area contributed by atoms with Crippen LogP contribution in [0, 0.1) is 30.6 Å². The molecule has 0 spiro atoms. The number of benzene rings is 2. The number of esters is 1. The first kappa shape index (κ1) is 42.6. The Bertz CT molecular complexity index is 2000. The zero-order chi connectivity index (χ0) is 41.3. The van der Waals surface area contributed by atoms with Gasteiger partial charge in [-0.05, 0) is 39.0 Å². The quantitative estimate of drug-likeness (QED) is 0.100. The Labute approximate surface area is 319 Å². The van der Waals surface area contributed by atoms with Gasteiger partial charge in [-0.3, -0.25) is 19.2 Å². The van der Waals surface area contributed by atoms with Crippen molar-refractivity contribution in [1.29, 1.82) is 0 Å². The Hall–Kier alpha value is -5.18. The summed E-state index contributed by atoms with van der Waals surface area (Å²) < 4.78 is 23.3. The van der Waals surface area contributed by atoms with Crippen LogP contribution in [0.2, 0.25) is 0 Å². The van der Waals surface area contributed by atoms with Crippen LogP contribution in [-0.4, -0.2) is 86.3 Å². The number of hydrogen-bond donors (Lipinski definition) is 6. The third-order valence-corrected chi connectivity index (χ3v) is 10.5. The second kappa shape index (κ2) is 16.7. The number of carbonyl (C=O) groups is 4. The maximum absolute atomic E-state index is 14.2. The number of hydrogen-bond acceptors (Lipinski definition) is 13. The summed E-state index contributed by atoms with van der Waals surface area (Å²) in [5.74, 6) is -9.23. The molecule has 298 valence electrons. The van der Waals surface area contributed by atoms with Gasteiger partial charge in [-0.15, -0.1) is 0 Å². The van der Waals surface area contributed by atoms with Gasteiger partial charge in [0, 0.05) is 66.7 Å². The topological polar surface area (TPSA) is 218 Å². The highest BCUT2D eigenvalue weighted by molar-refractivity contribution is 6.23. The van der Waals surface area contributed by atoms with Crippen molar-refractivity contribution < 1.29 is 63.7 Å². The van der Waals surface area contributed by atoms with Crippen LogP contribution in [-0.2, 0) is 28.6 Å². The zero-order valence-corrected chi connectivity index (χ0v) is 32.7. The van der Waals surface area contributed by atoms with Crippen LogP contribution in [0.25, 0.3) is 16.8 Å². The van der Waals surface area contributed by atoms with E-state index in [0.29, 0.717) is 0 Å². The molecule has 2 aromatic carbocycles. The second-order valence-electron chi connectivity index (χ2n) is 14.6. The molecule has 14 nitrogen and oxygen atoms in total. The van der Waals surface area contributed by atoms with E-state index in [-0.39, 0.29) is 44.5 Å². The van der Waals surface area contributed by atoms with Gasteiger partial charge in [0.1, 0.15) is 23.4 Å².